The molecule has 0 atom stereocenters. The normalized spacial score (nSPS) is 11.8. The Hall–Kier alpha value is -5.14. The molecule has 0 aliphatic carbocycles. The van der Waals surface area contributed by atoms with E-state index in [1.54, 1.807) is 0 Å². The SMILES string of the molecule is NC(=O)c1c(NC(=O)c2cccn(-c3ccc(C(F)(F)F)cc3)c2=O)ccn(-c2cccc(C(F)(F)F)c2)c1=O. The second kappa shape index (κ2) is 10.2. The monoisotopic (exact) mass is 562 g/mol. The Balaban J connectivity index is 1.70. The highest BCUT2D eigenvalue weighted by molar-refractivity contribution is 6.08. The molecular formula is C26H16F6N4O4. The number of anilines is 1. The molecule has 0 spiro atoms. The molecule has 0 aliphatic heterocycles. The molecule has 0 bridgehead atoms. The van der Waals surface area contributed by atoms with Gasteiger partial charge in [-0.3, -0.25) is 28.3 Å². The first-order valence-corrected chi connectivity index (χ1v) is 11.1. The largest absolute Gasteiger partial charge is 0.416 e. The van der Waals surface area contributed by atoms with E-state index in [-0.39, 0.29) is 11.4 Å². The lowest BCUT2D eigenvalue weighted by Crippen LogP contribution is -2.32. The maximum absolute atomic E-state index is 13.1. The first-order chi connectivity index (χ1) is 18.7. The predicted octanol–water partition coefficient (Wildman–Crippen LogP) is 4.38. The van der Waals surface area contributed by atoms with Crippen molar-refractivity contribution in [2.24, 2.45) is 5.73 Å². The van der Waals surface area contributed by atoms with E-state index in [9.17, 15) is 45.5 Å². The van der Waals surface area contributed by atoms with Gasteiger partial charge in [0, 0.05) is 23.8 Å². The van der Waals surface area contributed by atoms with Crippen LogP contribution >= 0.6 is 0 Å². The zero-order chi connectivity index (χ0) is 29.4. The summed E-state index contributed by atoms with van der Waals surface area (Å²) < 4.78 is 79.6. The molecule has 0 radical (unpaired) electrons. The third-order valence-corrected chi connectivity index (χ3v) is 5.70. The number of hydrogen-bond donors (Lipinski definition) is 2. The van der Waals surface area contributed by atoms with Crippen LogP contribution in [0.4, 0.5) is 32.0 Å². The van der Waals surface area contributed by atoms with Crippen molar-refractivity contribution in [3.05, 3.63) is 122 Å². The number of primary amides is 1. The molecule has 2 amide bonds. The summed E-state index contributed by atoms with van der Waals surface area (Å²) in [7, 11) is 0. The Morgan fingerprint density at radius 2 is 1.32 bits per heavy atom. The minimum Gasteiger partial charge on any atom is -0.365 e. The van der Waals surface area contributed by atoms with Crippen LogP contribution < -0.4 is 22.2 Å². The van der Waals surface area contributed by atoms with Crippen LogP contribution in [0.15, 0.2) is 88.7 Å². The summed E-state index contributed by atoms with van der Waals surface area (Å²) in [6.07, 6.45) is -7.08. The van der Waals surface area contributed by atoms with E-state index in [4.69, 9.17) is 5.73 Å². The second-order valence-corrected chi connectivity index (χ2v) is 8.29. The third-order valence-electron chi connectivity index (χ3n) is 5.70. The number of amides is 2. The smallest absolute Gasteiger partial charge is 0.365 e. The maximum atomic E-state index is 13.1. The quantitative estimate of drug-likeness (QED) is 0.352. The molecule has 2 aromatic carbocycles. The van der Waals surface area contributed by atoms with Gasteiger partial charge in [-0.15, -0.1) is 0 Å². The lowest BCUT2D eigenvalue weighted by atomic mass is 10.1. The third kappa shape index (κ3) is 5.50. The van der Waals surface area contributed by atoms with Crippen LogP contribution in [-0.4, -0.2) is 20.9 Å². The van der Waals surface area contributed by atoms with Crippen LogP contribution in [0.1, 0.15) is 31.8 Å². The van der Waals surface area contributed by atoms with Crippen molar-refractivity contribution in [3.8, 4) is 11.4 Å². The topological polar surface area (TPSA) is 116 Å². The number of nitrogens with two attached hydrogens (primary N) is 1. The lowest BCUT2D eigenvalue weighted by molar-refractivity contribution is -0.138. The summed E-state index contributed by atoms with van der Waals surface area (Å²) in [6.45, 7) is 0. The van der Waals surface area contributed by atoms with Crippen molar-refractivity contribution in [2.75, 3.05) is 5.32 Å². The summed E-state index contributed by atoms with van der Waals surface area (Å²) >= 11 is 0. The number of aromatic nitrogens is 2. The Morgan fingerprint density at radius 3 is 1.93 bits per heavy atom. The van der Waals surface area contributed by atoms with Gasteiger partial charge in [0.05, 0.1) is 16.8 Å². The molecule has 0 saturated carbocycles. The van der Waals surface area contributed by atoms with Gasteiger partial charge in [-0.05, 0) is 60.7 Å². The molecule has 2 aromatic heterocycles. The molecule has 0 unspecified atom stereocenters. The second-order valence-electron chi connectivity index (χ2n) is 8.29. The maximum Gasteiger partial charge on any atom is 0.416 e. The lowest BCUT2D eigenvalue weighted by Gasteiger charge is -2.14. The molecule has 3 N–H and O–H groups in total. The van der Waals surface area contributed by atoms with Gasteiger partial charge in [0.25, 0.3) is 22.9 Å². The van der Waals surface area contributed by atoms with Crippen LogP contribution in [0.2, 0.25) is 0 Å². The summed E-state index contributed by atoms with van der Waals surface area (Å²) in [5, 5.41) is 2.22. The number of carbonyl (C=O) groups excluding carboxylic acids is 2. The number of halogens is 6. The highest BCUT2D eigenvalue weighted by Gasteiger charge is 2.31. The van der Waals surface area contributed by atoms with Crippen LogP contribution in [0.25, 0.3) is 11.4 Å². The Kier molecular flexibility index (Phi) is 7.11. The van der Waals surface area contributed by atoms with Gasteiger partial charge in [-0.25, -0.2) is 0 Å². The van der Waals surface area contributed by atoms with Gasteiger partial charge in [0.2, 0.25) is 0 Å². The summed E-state index contributed by atoms with van der Waals surface area (Å²) in [6, 6.07) is 10.7. The Labute approximate surface area is 219 Å². The molecule has 8 nitrogen and oxygen atoms in total. The molecule has 2 heterocycles. The fraction of sp³-hybridized carbons (Fsp3) is 0.0769. The van der Waals surface area contributed by atoms with Crippen molar-refractivity contribution in [3.63, 3.8) is 0 Å². The van der Waals surface area contributed by atoms with E-state index in [0.717, 1.165) is 63.9 Å². The molecule has 4 rings (SSSR count). The van der Waals surface area contributed by atoms with Gasteiger partial charge < -0.3 is 11.1 Å². The molecule has 0 fully saturated rings. The van der Waals surface area contributed by atoms with Gasteiger partial charge in [0.15, 0.2) is 0 Å². The number of benzene rings is 2. The van der Waals surface area contributed by atoms with Crippen molar-refractivity contribution in [1.29, 1.82) is 0 Å². The molecule has 0 aliphatic rings. The van der Waals surface area contributed by atoms with Crippen molar-refractivity contribution in [1.82, 2.24) is 9.13 Å². The molecule has 0 saturated heterocycles. The number of pyridine rings is 2. The molecule has 14 heteroatoms. The van der Waals surface area contributed by atoms with E-state index >= 15 is 0 Å². The van der Waals surface area contributed by atoms with E-state index in [2.05, 4.69) is 5.32 Å². The van der Waals surface area contributed by atoms with E-state index in [1.165, 1.54) is 18.3 Å². The van der Waals surface area contributed by atoms with Gasteiger partial charge in [-0.1, -0.05) is 6.07 Å². The van der Waals surface area contributed by atoms with Crippen LogP contribution in [0.5, 0.6) is 0 Å². The Bertz CT molecular complexity index is 1740. The molecular weight excluding hydrogens is 546 g/mol. The minimum absolute atomic E-state index is 0.0224. The molecule has 206 valence electrons. The first-order valence-electron chi connectivity index (χ1n) is 11.1. The van der Waals surface area contributed by atoms with Crippen LogP contribution in [-0.2, 0) is 12.4 Å². The molecule has 40 heavy (non-hydrogen) atoms. The number of hydrogen-bond acceptors (Lipinski definition) is 4. The number of rotatable bonds is 5. The van der Waals surface area contributed by atoms with Crippen molar-refractivity contribution in [2.45, 2.75) is 12.4 Å². The average molecular weight is 562 g/mol. The fourth-order valence-electron chi connectivity index (χ4n) is 3.78. The van der Waals surface area contributed by atoms with E-state index in [0.29, 0.717) is 6.07 Å². The highest BCUT2D eigenvalue weighted by atomic mass is 19.4. The standard InChI is InChI=1S/C26H16F6N4O4/c27-25(28,29)14-6-8-16(9-7-14)35-11-2-5-18(23(35)39)22(38)34-19-10-12-36(24(40)20(19)21(33)37)17-4-1-3-15(13-17)26(30,31)32/h1-13H,(H2,33,37)(H,34,38). The highest BCUT2D eigenvalue weighted by Crippen LogP contribution is 2.31. The van der Waals surface area contributed by atoms with Crippen LogP contribution in [0, 0.1) is 0 Å². The fourth-order valence-corrected chi connectivity index (χ4v) is 3.78. The van der Waals surface area contributed by atoms with Gasteiger partial charge in [0.1, 0.15) is 11.1 Å². The van der Waals surface area contributed by atoms with Crippen molar-refractivity contribution < 1.29 is 35.9 Å². The number of alkyl halides is 6. The number of carbonyl (C=O) groups is 2. The predicted molar refractivity (Wildman–Crippen MR) is 131 cm³/mol. The summed E-state index contributed by atoms with van der Waals surface area (Å²) in [4.78, 5) is 51.0. The first kappa shape index (κ1) is 27.9. The van der Waals surface area contributed by atoms with Crippen molar-refractivity contribution >= 4 is 17.5 Å². The van der Waals surface area contributed by atoms with Crippen LogP contribution in [0.3, 0.4) is 0 Å². The zero-order valence-corrected chi connectivity index (χ0v) is 19.9. The minimum atomic E-state index is -4.71. The zero-order valence-electron chi connectivity index (χ0n) is 19.9. The number of nitrogens with zero attached hydrogens (tertiary/aromatic N) is 2. The van der Waals surface area contributed by atoms with Gasteiger partial charge in [-0.2, -0.15) is 26.3 Å². The summed E-state index contributed by atoms with van der Waals surface area (Å²) in [5.74, 6) is -2.40. The Morgan fingerprint density at radius 1 is 0.700 bits per heavy atom. The molecule has 4 aromatic rings. The number of nitrogens with one attached hydrogen (secondary N) is 1. The average Bonchev–Trinajstić information content (AvgIpc) is 2.88. The van der Waals surface area contributed by atoms with E-state index in [1.807, 2.05) is 0 Å². The van der Waals surface area contributed by atoms with Gasteiger partial charge >= 0.3 is 12.4 Å². The summed E-state index contributed by atoms with van der Waals surface area (Å²) in [5.41, 5.74) is -0.656. The van der Waals surface area contributed by atoms with E-state index < -0.39 is 63.2 Å².